The number of hydrogen-bond acceptors (Lipinski definition) is 4. The van der Waals surface area contributed by atoms with Gasteiger partial charge in [0.15, 0.2) is 0 Å². The standard InChI is InChI=1S/C18H25N3O3.ClH/c1-24-15-9-16(19-11-15)18(23)20-10-13-5-2-3-6-14(13)12-21-8-4-7-17(21)22;/h2-3,5-6,15-16,19H,4,7-12H2,1H3,(H,20,23);1H/t15-,16-;/m0./s1. The van der Waals surface area contributed by atoms with Crippen LogP contribution in [0.1, 0.15) is 30.4 Å². The zero-order chi connectivity index (χ0) is 16.9. The largest absolute Gasteiger partial charge is 0.380 e. The van der Waals surface area contributed by atoms with Crippen LogP contribution < -0.4 is 10.6 Å². The highest BCUT2D eigenvalue weighted by Gasteiger charge is 2.29. The van der Waals surface area contributed by atoms with E-state index in [1.807, 2.05) is 29.2 Å². The highest BCUT2D eigenvalue weighted by atomic mass is 35.5. The van der Waals surface area contributed by atoms with Crippen molar-refractivity contribution in [3.63, 3.8) is 0 Å². The van der Waals surface area contributed by atoms with Crippen molar-refractivity contribution in [1.82, 2.24) is 15.5 Å². The Labute approximate surface area is 154 Å². The Morgan fingerprint density at radius 3 is 2.76 bits per heavy atom. The molecule has 2 amide bonds. The van der Waals surface area contributed by atoms with Crippen LogP contribution in [-0.4, -0.2) is 49.1 Å². The number of nitrogens with one attached hydrogen (secondary N) is 2. The molecule has 0 radical (unpaired) electrons. The van der Waals surface area contributed by atoms with E-state index in [0.717, 1.165) is 24.1 Å². The molecule has 138 valence electrons. The summed E-state index contributed by atoms with van der Waals surface area (Å²) in [4.78, 5) is 26.0. The summed E-state index contributed by atoms with van der Waals surface area (Å²) in [6.07, 6.45) is 2.39. The van der Waals surface area contributed by atoms with E-state index in [2.05, 4.69) is 10.6 Å². The first-order valence-electron chi connectivity index (χ1n) is 8.56. The fourth-order valence-electron chi connectivity index (χ4n) is 3.35. The lowest BCUT2D eigenvalue weighted by Gasteiger charge is -2.19. The number of likely N-dealkylation sites (tertiary alicyclic amines) is 1. The van der Waals surface area contributed by atoms with Crippen LogP contribution in [0.4, 0.5) is 0 Å². The SMILES string of the molecule is CO[C@@H]1CN[C@H](C(=O)NCc2ccccc2CN2CCCC2=O)C1.Cl. The maximum absolute atomic E-state index is 12.3. The minimum Gasteiger partial charge on any atom is -0.380 e. The third-order valence-electron chi connectivity index (χ3n) is 4.84. The van der Waals surface area contributed by atoms with Gasteiger partial charge >= 0.3 is 0 Å². The molecule has 2 aliphatic heterocycles. The second-order valence-electron chi connectivity index (χ2n) is 6.46. The third kappa shape index (κ3) is 4.93. The average molecular weight is 368 g/mol. The molecule has 2 fully saturated rings. The van der Waals surface area contributed by atoms with E-state index >= 15 is 0 Å². The van der Waals surface area contributed by atoms with Gasteiger partial charge in [0.1, 0.15) is 0 Å². The number of ether oxygens (including phenoxy) is 1. The molecular weight excluding hydrogens is 342 g/mol. The van der Waals surface area contributed by atoms with Crippen molar-refractivity contribution in [2.45, 2.75) is 44.5 Å². The minimum atomic E-state index is -0.192. The van der Waals surface area contributed by atoms with E-state index in [9.17, 15) is 9.59 Å². The maximum atomic E-state index is 12.3. The second kappa shape index (κ2) is 9.17. The van der Waals surface area contributed by atoms with Gasteiger partial charge in [-0.05, 0) is 24.0 Å². The second-order valence-corrected chi connectivity index (χ2v) is 6.46. The van der Waals surface area contributed by atoms with Crippen molar-refractivity contribution < 1.29 is 14.3 Å². The number of methoxy groups -OCH3 is 1. The smallest absolute Gasteiger partial charge is 0.237 e. The molecule has 3 rings (SSSR count). The normalized spacial score (nSPS) is 22.8. The van der Waals surface area contributed by atoms with Gasteiger partial charge in [0, 0.05) is 39.7 Å². The molecule has 2 heterocycles. The Morgan fingerprint density at radius 1 is 1.36 bits per heavy atom. The van der Waals surface area contributed by atoms with Gasteiger partial charge in [0.2, 0.25) is 11.8 Å². The van der Waals surface area contributed by atoms with E-state index in [1.54, 1.807) is 7.11 Å². The molecule has 1 aromatic carbocycles. The van der Waals surface area contributed by atoms with E-state index < -0.39 is 0 Å². The Balaban J connectivity index is 0.00000225. The van der Waals surface area contributed by atoms with Gasteiger partial charge in [0.05, 0.1) is 12.1 Å². The first-order chi connectivity index (χ1) is 11.7. The molecular formula is C18H26ClN3O3. The van der Waals surface area contributed by atoms with Crippen molar-refractivity contribution in [2.75, 3.05) is 20.2 Å². The first kappa shape index (κ1) is 19.7. The van der Waals surface area contributed by atoms with E-state index in [-0.39, 0.29) is 36.4 Å². The van der Waals surface area contributed by atoms with E-state index in [1.165, 1.54) is 0 Å². The molecule has 7 heteroatoms. The fourth-order valence-corrected chi connectivity index (χ4v) is 3.35. The lowest BCUT2D eigenvalue weighted by molar-refractivity contribution is -0.128. The number of amides is 2. The molecule has 6 nitrogen and oxygen atoms in total. The lowest BCUT2D eigenvalue weighted by atomic mass is 10.1. The van der Waals surface area contributed by atoms with Crippen LogP contribution in [0.2, 0.25) is 0 Å². The van der Waals surface area contributed by atoms with Crippen LogP contribution in [0, 0.1) is 0 Å². The van der Waals surface area contributed by atoms with Crippen LogP contribution in [-0.2, 0) is 27.4 Å². The van der Waals surface area contributed by atoms with Crippen molar-refractivity contribution in [3.05, 3.63) is 35.4 Å². The number of carbonyl (C=O) groups excluding carboxylic acids is 2. The van der Waals surface area contributed by atoms with Crippen LogP contribution >= 0.6 is 12.4 Å². The molecule has 25 heavy (non-hydrogen) atoms. The molecule has 2 saturated heterocycles. The predicted octanol–water partition coefficient (Wildman–Crippen LogP) is 1.22. The van der Waals surface area contributed by atoms with Crippen LogP contribution in [0.5, 0.6) is 0 Å². The summed E-state index contributed by atoms with van der Waals surface area (Å²) in [5.74, 6) is 0.219. The molecule has 0 spiro atoms. The van der Waals surface area contributed by atoms with Gasteiger partial charge in [-0.2, -0.15) is 0 Å². The van der Waals surface area contributed by atoms with E-state index in [0.29, 0.717) is 32.5 Å². The summed E-state index contributed by atoms with van der Waals surface area (Å²) in [7, 11) is 1.67. The summed E-state index contributed by atoms with van der Waals surface area (Å²) in [6.45, 7) is 2.64. The Morgan fingerprint density at radius 2 is 2.12 bits per heavy atom. The molecule has 0 aliphatic carbocycles. The summed E-state index contributed by atoms with van der Waals surface area (Å²) in [5.41, 5.74) is 2.16. The van der Waals surface area contributed by atoms with Gasteiger partial charge in [-0.1, -0.05) is 24.3 Å². The molecule has 0 saturated carbocycles. The number of rotatable bonds is 6. The summed E-state index contributed by atoms with van der Waals surface area (Å²) < 4.78 is 5.28. The van der Waals surface area contributed by atoms with Gasteiger partial charge < -0.3 is 20.3 Å². The van der Waals surface area contributed by atoms with Crippen molar-refractivity contribution in [2.24, 2.45) is 0 Å². The highest BCUT2D eigenvalue weighted by Crippen LogP contribution is 2.17. The fraction of sp³-hybridized carbons (Fsp3) is 0.556. The minimum absolute atomic E-state index is 0. The van der Waals surface area contributed by atoms with Crippen molar-refractivity contribution in [1.29, 1.82) is 0 Å². The lowest BCUT2D eigenvalue weighted by Crippen LogP contribution is -2.40. The van der Waals surface area contributed by atoms with E-state index in [4.69, 9.17) is 4.74 Å². The Kier molecular flexibility index (Phi) is 7.23. The summed E-state index contributed by atoms with van der Waals surface area (Å²) in [5, 5.41) is 6.18. The average Bonchev–Trinajstić information content (AvgIpc) is 3.23. The molecule has 0 aromatic heterocycles. The topological polar surface area (TPSA) is 70.7 Å². The van der Waals surface area contributed by atoms with Gasteiger partial charge in [-0.25, -0.2) is 0 Å². The highest BCUT2D eigenvalue weighted by molar-refractivity contribution is 5.85. The van der Waals surface area contributed by atoms with Gasteiger partial charge in [-0.3, -0.25) is 9.59 Å². The molecule has 2 aliphatic rings. The number of benzene rings is 1. The zero-order valence-electron chi connectivity index (χ0n) is 14.5. The zero-order valence-corrected chi connectivity index (χ0v) is 15.3. The number of carbonyl (C=O) groups is 2. The van der Waals surface area contributed by atoms with Gasteiger partial charge in [-0.15, -0.1) is 12.4 Å². The number of hydrogen-bond donors (Lipinski definition) is 2. The monoisotopic (exact) mass is 367 g/mol. The van der Waals surface area contributed by atoms with Crippen LogP contribution in [0.15, 0.2) is 24.3 Å². The number of nitrogens with zero attached hydrogens (tertiary/aromatic N) is 1. The Bertz CT molecular complexity index is 611. The van der Waals surface area contributed by atoms with Crippen LogP contribution in [0.3, 0.4) is 0 Å². The van der Waals surface area contributed by atoms with Gasteiger partial charge in [0.25, 0.3) is 0 Å². The van der Waals surface area contributed by atoms with Crippen LogP contribution in [0.25, 0.3) is 0 Å². The Hall–Kier alpha value is -1.63. The summed E-state index contributed by atoms with van der Waals surface area (Å²) >= 11 is 0. The summed E-state index contributed by atoms with van der Waals surface area (Å²) in [6, 6.07) is 7.79. The molecule has 2 atom stereocenters. The van der Waals surface area contributed by atoms with Crippen molar-refractivity contribution >= 4 is 24.2 Å². The first-order valence-corrected chi connectivity index (χ1v) is 8.56. The molecule has 0 unspecified atom stereocenters. The number of halogens is 1. The maximum Gasteiger partial charge on any atom is 0.237 e. The molecule has 0 bridgehead atoms. The molecule has 1 aromatic rings. The van der Waals surface area contributed by atoms with Crippen molar-refractivity contribution in [3.8, 4) is 0 Å². The molecule has 2 N–H and O–H groups in total. The quantitative estimate of drug-likeness (QED) is 0.793. The predicted molar refractivity (Wildman–Crippen MR) is 97.4 cm³/mol. The third-order valence-corrected chi connectivity index (χ3v) is 4.84.